The summed E-state index contributed by atoms with van der Waals surface area (Å²) >= 11 is 0. The average molecular weight is 466 g/mol. The third-order valence-electron chi connectivity index (χ3n) is 5.83. The lowest BCUT2D eigenvalue weighted by Gasteiger charge is -2.14. The summed E-state index contributed by atoms with van der Waals surface area (Å²) in [6, 6.07) is 14.9. The number of anilines is 1. The molecule has 7 heteroatoms. The Morgan fingerprint density at radius 2 is 1.66 bits per heavy atom. The number of amides is 2. The maximum Gasteiger partial charge on any atom is 0.269 e. The van der Waals surface area contributed by atoms with Crippen LogP contribution in [0.15, 0.2) is 67.1 Å². The van der Waals surface area contributed by atoms with Gasteiger partial charge < -0.3 is 10.6 Å². The van der Waals surface area contributed by atoms with Gasteiger partial charge in [0, 0.05) is 48.1 Å². The molecule has 0 aliphatic carbocycles. The zero-order valence-electron chi connectivity index (χ0n) is 20.2. The van der Waals surface area contributed by atoms with Crippen molar-refractivity contribution >= 4 is 17.5 Å². The number of pyridine rings is 3. The smallest absolute Gasteiger partial charge is 0.269 e. The lowest BCUT2D eigenvalue weighted by molar-refractivity contribution is 0.0957. The van der Waals surface area contributed by atoms with Crippen molar-refractivity contribution in [1.29, 1.82) is 0 Å². The van der Waals surface area contributed by atoms with E-state index in [0.29, 0.717) is 16.9 Å². The quantitative estimate of drug-likeness (QED) is 0.418. The monoisotopic (exact) mass is 465 g/mol. The van der Waals surface area contributed by atoms with Gasteiger partial charge in [0.1, 0.15) is 5.69 Å². The summed E-state index contributed by atoms with van der Waals surface area (Å²) in [4.78, 5) is 37.9. The van der Waals surface area contributed by atoms with Crippen LogP contribution < -0.4 is 10.6 Å². The first-order valence-electron chi connectivity index (χ1n) is 11.4. The number of aryl methyl sites for hydroxylation is 3. The third-order valence-corrected chi connectivity index (χ3v) is 5.83. The Bertz CT molecular complexity index is 1410. The Labute approximate surface area is 204 Å². The first-order valence-corrected chi connectivity index (χ1v) is 11.4. The molecule has 176 valence electrons. The van der Waals surface area contributed by atoms with Crippen LogP contribution in [0.4, 0.5) is 5.69 Å². The fourth-order valence-corrected chi connectivity index (χ4v) is 3.90. The van der Waals surface area contributed by atoms with Crippen LogP contribution in [0.1, 0.15) is 44.6 Å². The molecule has 3 heterocycles. The molecule has 1 aromatic carbocycles. The molecule has 0 spiro atoms. The molecular formula is C28H27N5O2. The van der Waals surface area contributed by atoms with Gasteiger partial charge in [-0.25, -0.2) is 0 Å². The van der Waals surface area contributed by atoms with E-state index in [1.807, 2.05) is 50.4 Å². The SMILES string of the molecule is CCc1cnc(-c2cc(NC(=O)c3ccnc(C)c3)ccc2C)cc1-c1ccnc(C(=O)NC)c1. The molecule has 0 fully saturated rings. The molecule has 0 unspecified atom stereocenters. The highest BCUT2D eigenvalue weighted by Crippen LogP contribution is 2.31. The normalized spacial score (nSPS) is 10.6. The molecule has 0 saturated carbocycles. The number of hydrogen-bond donors (Lipinski definition) is 2. The highest BCUT2D eigenvalue weighted by atomic mass is 16.2. The topological polar surface area (TPSA) is 96.9 Å². The van der Waals surface area contributed by atoms with E-state index >= 15 is 0 Å². The molecule has 35 heavy (non-hydrogen) atoms. The lowest BCUT2D eigenvalue weighted by atomic mass is 9.96. The van der Waals surface area contributed by atoms with Crippen LogP contribution in [-0.4, -0.2) is 33.8 Å². The molecule has 0 aliphatic heterocycles. The van der Waals surface area contributed by atoms with Gasteiger partial charge in [-0.15, -0.1) is 0 Å². The average Bonchev–Trinajstić information content (AvgIpc) is 2.89. The van der Waals surface area contributed by atoms with Gasteiger partial charge in [0.05, 0.1) is 5.69 Å². The standard InChI is InChI=1S/C28H27N5O2/c1-5-19-16-32-25(15-24(19)20-8-11-31-26(13-20)28(35)29-4)23-14-22(7-6-17(23)2)33-27(34)21-9-10-30-18(3)12-21/h6-16H,5H2,1-4H3,(H,29,35)(H,33,34). The van der Waals surface area contributed by atoms with Crippen LogP contribution in [0.2, 0.25) is 0 Å². The highest BCUT2D eigenvalue weighted by molar-refractivity contribution is 6.04. The third kappa shape index (κ3) is 5.24. The number of benzene rings is 1. The van der Waals surface area contributed by atoms with E-state index in [9.17, 15) is 9.59 Å². The van der Waals surface area contributed by atoms with Gasteiger partial charge in [-0.3, -0.25) is 24.5 Å². The molecule has 0 bridgehead atoms. The van der Waals surface area contributed by atoms with E-state index in [0.717, 1.165) is 45.6 Å². The van der Waals surface area contributed by atoms with Crippen molar-refractivity contribution in [3.63, 3.8) is 0 Å². The molecule has 4 rings (SSSR count). The van der Waals surface area contributed by atoms with Crippen molar-refractivity contribution in [3.05, 3.63) is 95.2 Å². The molecule has 2 amide bonds. The second-order valence-electron chi connectivity index (χ2n) is 8.26. The minimum atomic E-state index is -0.233. The van der Waals surface area contributed by atoms with Gasteiger partial charge in [-0.05, 0) is 85.0 Å². The predicted molar refractivity (Wildman–Crippen MR) is 137 cm³/mol. The maximum atomic E-state index is 12.7. The summed E-state index contributed by atoms with van der Waals surface area (Å²) in [5, 5.41) is 5.59. The molecule has 0 radical (unpaired) electrons. The van der Waals surface area contributed by atoms with Crippen LogP contribution in [-0.2, 0) is 6.42 Å². The van der Waals surface area contributed by atoms with E-state index in [-0.39, 0.29) is 11.8 Å². The second kappa shape index (κ2) is 10.3. The second-order valence-corrected chi connectivity index (χ2v) is 8.26. The summed E-state index contributed by atoms with van der Waals surface area (Å²) in [6.07, 6.45) is 5.93. The Morgan fingerprint density at radius 1 is 0.857 bits per heavy atom. The van der Waals surface area contributed by atoms with Gasteiger partial charge in [0.25, 0.3) is 11.8 Å². The Morgan fingerprint density at radius 3 is 2.40 bits per heavy atom. The number of rotatable bonds is 6. The molecule has 0 aliphatic rings. The van der Waals surface area contributed by atoms with E-state index in [1.54, 1.807) is 37.6 Å². The summed E-state index contributed by atoms with van der Waals surface area (Å²) in [5.74, 6) is -0.429. The van der Waals surface area contributed by atoms with Gasteiger partial charge in [0.2, 0.25) is 0 Å². The first-order chi connectivity index (χ1) is 16.9. The van der Waals surface area contributed by atoms with Crippen molar-refractivity contribution in [2.45, 2.75) is 27.2 Å². The number of nitrogens with zero attached hydrogens (tertiary/aromatic N) is 3. The fourth-order valence-electron chi connectivity index (χ4n) is 3.90. The molecule has 0 atom stereocenters. The number of carbonyl (C=O) groups is 2. The number of carbonyl (C=O) groups excluding carboxylic acids is 2. The van der Waals surface area contributed by atoms with E-state index in [4.69, 9.17) is 4.98 Å². The highest BCUT2D eigenvalue weighted by Gasteiger charge is 2.14. The van der Waals surface area contributed by atoms with Crippen LogP contribution in [0.25, 0.3) is 22.4 Å². The van der Waals surface area contributed by atoms with Gasteiger partial charge in [-0.1, -0.05) is 13.0 Å². The van der Waals surface area contributed by atoms with Gasteiger partial charge >= 0.3 is 0 Å². The fraction of sp³-hybridized carbons (Fsp3) is 0.179. The molecule has 0 saturated heterocycles. The molecule has 3 aromatic heterocycles. The van der Waals surface area contributed by atoms with Crippen LogP contribution in [0.3, 0.4) is 0 Å². The van der Waals surface area contributed by atoms with E-state index in [2.05, 4.69) is 27.5 Å². The lowest BCUT2D eigenvalue weighted by Crippen LogP contribution is -2.19. The zero-order valence-corrected chi connectivity index (χ0v) is 20.2. The summed E-state index contributed by atoms with van der Waals surface area (Å²) in [7, 11) is 1.59. The molecule has 4 aromatic rings. The summed E-state index contributed by atoms with van der Waals surface area (Å²) in [6.45, 7) is 5.94. The van der Waals surface area contributed by atoms with Crippen LogP contribution in [0, 0.1) is 13.8 Å². The predicted octanol–water partition coefficient (Wildman–Crippen LogP) is 5.00. The first kappa shape index (κ1) is 23.8. The Kier molecular flexibility index (Phi) is 6.96. The van der Waals surface area contributed by atoms with Crippen molar-refractivity contribution in [3.8, 4) is 22.4 Å². The number of nitrogens with one attached hydrogen (secondary N) is 2. The van der Waals surface area contributed by atoms with E-state index < -0.39 is 0 Å². The molecule has 2 N–H and O–H groups in total. The van der Waals surface area contributed by atoms with Gasteiger partial charge in [-0.2, -0.15) is 0 Å². The zero-order chi connectivity index (χ0) is 24.9. The van der Waals surface area contributed by atoms with E-state index in [1.165, 1.54) is 0 Å². The summed E-state index contributed by atoms with van der Waals surface area (Å²) < 4.78 is 0. The number of aromatic nitrogens is 3. The minimum Gasteiger partial charge on any atom is -0.354 e. The maximum absolute atomic E-state index is 12.7. The van der Waals surface area contributed by atoms with Crippen molar-refractivity contribution in [2.75, 3.05) is 12.4 Å². The van der Waals surface area contributed by atoms with Crippen LogP contribution >= 0.6 is 0 Å². The minimum absolute atomic E-state index is 0.196. The summed E-state index contributed by atoms with van der Waals surface area (Å²) in [5.41, 5.74) is 8.06. The van der Waals surface area contributed by atoms with Crippen LogP contribution in [0.5, 0.6) is 0 Å². The number of hydrogen-bond acceptors (Lipinski definition) is 5. The Hall–Kier alpha value is -4.39. The van der Waals surface area contributed by atoms with Gasteiger partial charge in [0.15, 0.2) is 0 Å². The molecule has 7 nitrogen and oxygen atoms in total. The van der Waals surface area contributed by atoms with Crippen molar-refractivity contribution < 1.29 is 9.59 Å². The van der Waals surface area contributed by atoms with Crippen molar-refractivity contribution in [2.24, 2.45) is 0 Å². The Balaban J connectivity index is 1.71. The largest absolute Gasteiger partial charge is 0.354 e. The van der Waals surface area contributed by atoms with Crippen molar-refractivity contribution in [1.82, 2.24) is 20.3 Å². The molecular weight excluding hydrogens is 438 g/mol.